The summed E-state index contributed by atoms with van der Waals surface area (Å²) >= 11 is 11.8. The van der Waals surface area contributed by atoms with E-state index in [1.54, 1.807) is 30.3 Å². The lowest BCUT2D eigenvalue weighted by molar-refractivity contribution is -0.384. The van der Waals surface area contributed by atoms with Crippen LogP contribution in [-0.2, 0) is 0 Å². The maximum Gasteiger partial charge on any atom is 0.269 e. The summed E-state index contributed by atoms with van der Waals surface area (Å²) in [6.07, 6.45) is 0. The third kappa shape index (κ3) is 4.81. The van der Waals surface area contributed by atoms with Crippen molar-refractivity contribution in [3.05, 3.63) is 62.6 Å². The average molecular weight is 327 g/mol. The minimum atomic E-state index is -0.450. The van der Waals surface area contributed by atoms with Gasteiger partial charge >= 0.3 is 0 Å². The van der Waals surface area contributed by atoms with E-state index in [1.165, 1.54) is 12.1 Å². The summed E-state index contributed by atoms with van der Waals surface area (Å²) in [5.41, 5.74) is 0.842. The van der Waals surface area contributed by atoms with Gasteiger partial charge in [0.25, 0.3) is 5.69 Å². The van der Waals surface area contributed by atoms with Gasteiger partial charge in [-0.1, -0.05) is 23.2 Å². The lowest BCUT2D eigenvalue weighted by Crippen LogP contribution is -2.11. The molecule has 0 amide bonds. The Labute approximate surface area is 131 Å². The van der Waals surface area contributed by atoms with E-state index in [4.69, 9.17) is 27.9 Å². The molecule has 0 atom stereocenters. The second-order valence-corrected chi connectivity index (χ2v) is 5.06. The molecule has 2 aromatic rings. The van der Waals surface area contributed by atoms with Crippen molar-refractivity contribution < 1.29 is 9.66 Å². The van der Waals surface area contributed by atoms with Crippen molar-refractivity contribution in [2.45, 2.75) is 0 Å². The maximum absolute atomic E-state index is 10.5. The Morgan fingerprint density at radius 2 is 1.71 bits per heavy atom. The molecule has 0 bridgehead atoms. The van der Waals surface area contributed by atoms with Crippen molar-refractivity contribution in [3.8, 4) is 5.75 Å². The maximum atomic E-state index is 10.5. The topological polar surface area (TPSA) is 64.4 Å². The van der Waals surface area contributed by atoms with E-state index in [0.29, 0.717) is 28.9 Å². The van der Waals surface area contributed by atoms with Crippen molar-refractivity contribution in [3.63, 3.8) is 0 Å². The van der Waals surface area contributed by atoms with E-state index in [0.717, 1.165) is 5.69 Å². The van der Waals surface area contributed by atoms with E-state index < -0.39 is 4.92 Å². The zero-order valence-corrected chi connectivity index (χ0v) is 12.4. The van der Waals surface area contributed by atoms with Crippen LogP contribution in [-0.4, -0.2) is 18.1 Å². The van der Waals surface area contributed by atoms with Gasteiger partial charge in [-0.3, -0.25) is 10.1 Å². The van der Waals surface area contributed by atoms with Gasteiger partial charge in [0.1, 0.15) is 12.4 Å². The van der Waals surface area contributed by atoms with Crippen LogP contribution in [0.15, 0.2) is 42.5 Å². The first kappa shape index (κ1) is 15.4. The first-order valence-electron chi connectivity index (χ1n) is 6.12. The van der Waals surface area contributed by atoms with Crippen molar-refractivity contribution in [2.75, 3.05) is 18.5 Å². The molecule has 2 rings (SSSR count). The van der Waals surface area contributed by atoms with Crippen LogP contribution in [0.25, 0.3) is 0 Å². The Balaban J connectivity index is 1.80. The quantitative estimate of drug-likeness (QED) is 0.485. The third-order valence-corrected chi connectivity index (χ3v) is 3.05. The van der Waals surface area contributed by atoms with Gasteiger partial charge < -0.3 is 10.1 Å². The van der Waals surface area contributed by atoms with E-state index in [1.807, 2.05) is 0 Å². The summed E-state index contributed by atoms with van der Waals surface area (Å²) in [7, 11) is 0. The molecule has 0 saturated heterocycles. The van der Waals surface area contributed by atoms with Gasteiger partial charge in [0.15, 0.2) is 0 Å². The molecule has 0 saturated carbocycles. The SMILES string of the molecule is O=[N+]([O-])c1ccc(OCCNc2cc(Cl)cc(Cl)c2)cc1. The minimum absolute atomic E-state index is 0.0362. The predicted molar refractivity (Wildman–Crippen MR) is 83.5 cm³/mol. The van der Waals surface area contributed by atoms with Gasteiger partial charge in [-0.2, -0.15) is 0 Å². The fraction of sp³-hybridized carbons (Fsp3) is 0.143. The second kappa shape index (κ2) is 7.15. The molecule has 0 aliphatic rings. The largest absolute Gasteiger partial charge is 0.492 e. The molecule has 1 N–H and O–H groups in total. The van der Waals surface area contributed by atoms with Gasteiger partial charge in [-0.15, -0.1) is 0 Å². The summed E-state index contributed by atoms with van der Waals surface area (Å²) in [6, 6.07) is 11.1. The molecule has 5 nitrogen and oxygen atoms in total. The Hall–Kier alpha value is -1.98. The first-order valence-corrected chi connectivity index (χ1v) is 6.87. The highest BCUT2D eigenvalue weighted by Crippen LogP contribution is 2.22. The molecule has 110 valence electrons. The molecule has 0 heterocycles. The zero-order valence-electron chi connectivity index (χ0n) is 10.9. The normalized spacial score (nSPS) is 10.2. The zero-order chi connectivity index (χ0) is 15.2. The monoisotopic (exact) mass is 326 g/mol. The summed E-state index contributed by atoms with van der Waals surface area (Å²) < 4.78 is 5.47. The number of hydrogen-bond donors (Lipinski definition) is 1. The van der Waals surface area contributed by atoms with Crippen molar-refractivity contribution >= 4 is 34.6 Å². The number of benzene rings is 2. The van der Waals surface area contributed by atoms with E-state index in [2.05, 4.69) is 5.32 Å². The number of nitro benzene ring substituents is 1. The molecule has 7 heteroatoms. The van der Waals surface area contributed by atoms with Crippen molar-refractivity contribution in [2.24, 2.45) is 0 Å². The van der Waals surface area contributed by atoms with Crippen LogP contribution < -0.4 is 10.1 Å². The average Bonchev–Trinajstić information content (AvgIpc) is 2.43. The Kier molecular flexibility index (Phi) is 5.25. The van der Waals surface area contributed by atoms with Crippen LogP contribution in [0, 0.1) is 10.1 Å². The van der Waals surface area contributed by atoms with Crippen molar-refractivity contribution in [1.82, 2.24) is 0 Å². The number of nitrogens with one attached hydrogen (secondary N) is 1. The molecule has 0 aliphatic carbocycles. The lowest BCUT2D eigenvalue weighted by atomic mass is 10.3. The van der Waals surface area contributed by atoms with E-state index >= 15 is 0 Å². The summed E-state index contributed by atoms with van der Waals surface area (Å²) in [5.74, 6) is 0.575. The van der Waals surface area contributed by atoms with Gasteiger partial charge in [0.05, 0.1) is 4.92 Å². The highest BCUT2D eigenvalue weighted by molar-refractivity contribution is 6.35. The molecule has 2 aromatic carbocycles. The number of nitro groups is 1. The predicted octanol–water partition coefficient (Wildman–Crippen LogP) is 4.39. The number of halogens is 2. The van der Waals surface area contributed by atoms with Crippen LogP contribution in [0.5, 0.6) is 5.75 Å². The fourth-order valence-corrected chi connectivity index (χ4v) is 2.21. The lowest BCUT2D eigenvalue weighted by Gasteiger charge is -2.09. The number of nitrogens with zero attached hydrogens (tertiary/aromatic N) is 1. The summed E-state index contributed by atoms with van der Waals surface area (Å²) in [5, 5.41) is 14.8. The summed E-state index contributed by atoms with van der Waals surface area (Å²) in [6.45, 7) is 0.954. The van der Waals surface area contributed by atoms with E-state index in [-0.39, 0.29) is 5.69 Å². The van der Waals surface area contributed by atoms with Crippen LogP contribution >= 0.6 is 23.2 Å². The standard InChI is InChI=1S/C14H12Cl2N2O3/c15-10-7-11(16)9-12(8-10)17-5-6-21-14-3-1-13(2-4-14)18(19)20/h1-4,7-9,17H,5-6H2. The smallest absolute Gasteiger partial charge is 0.269 e. The molecule has 0 spiro atoms. The number of rotatable bonds is 6. The number of anilines is 1. The molecule has 0 aliphatic heterocycles. The molecular weight excluding hydrogens is 315 g/mol. The minimum Gasteiger partial charge on any atom is -0.492 e. The molecule has 0 unspecified atom stereocenters. The third-order valence-electron chi connectivity index (χ3n) is 2.61. The number of hydrogen-bond acceptors (Lipinski definition) is 4. The van der Waals surface area contributed by atoms with Gasteiger partial charge in [0, 0.05) is 34.4 Å². The van der Waals surface area contributed by atoms with Gasteiger partial charge in [-0.25, -0.2) is 0 Å². The molecule has 0 aromatic heterocycles. The highest BCUT2D eigenvalue weighted by Gasteiger charge is 2.04. The Morgan fingerprint density at radius 1 is 1.10 bits per heavy atom. The fourth-order valence-electron chi connectivity index (χ4n) is 1.68. The number of ether oxygens (including phenoxy) is 1. The van der Waals surface area contributed by atoms with Crippen LogP contribution in [0.1, 0.15) is 0 Å². The van der Waals surface area contributed by atoms with Crippen LogP contribution in [0.4, 0.5) is 11.4 Å². The van der Waals surface area contributed by atoms with Crippen LogP contribution in [0.3, 0.4) is 0 Å². The highest BCUT2D eigenvalue weighted by atomic mass is 35.5. The summed E-state index contributed by atoms with van der Waals surface area (Å²) in [4.78, 5) is 10.1. The molecular formula is C14H12Cl2N2O3. The number of non-ortho nitro benzene ring substituents is 1. The van der Waals surface area contributed by atoms with Gasteiger partial charge in [0.2, 0.25) is 0 Å². The Bertz CT molecular complexity index is 612. The Morgan fingerprint density at radius 3 is 2.29 bits per heavy atom. The van der Waals surface area contributed by atoms with E-state index in [9.17, 15) is 10.1 Å². The molecule has 0 radical (unpaired) electrons. The van der Waals surface area contributed by atoms with Crippen LogP contribution in [0.2, 0.25) is 10.0 Å². The molecule has 21 heavy (non-hydrogen) atoms. The first-order chi connectivity index (χ1) is 10.0. The van der Waals surface area contributed by atoms with Gasteiger partial charge in [-0.05, 0) is 30.3 Å². The molecule has 0 fully saturated rings. The van der Waals surface area contributed by atoms with Crippen molar-refractivity contribution in [1.29, 1.82) is 0 Å². The second-order valence-electron chi connectivity index (χ2n) is 4.18.